The molecule has 29 heavy (non-hydrogen) atoms. The number of imidazole rings is 1. The number of rotatable bonds is 9. The van der Waals surface area contributed by atoms with E-state index in [9.17, 15) is 9.59 Å². The lowest BCUT2D eigenvalue weighted by molar-refractivity contribution is -0.116. The molecule has 0 aliphatic rings. The summed E-state index contributed by atoms with van der Waals surface area (Å²) in [4.78, 5) is 34.7. The molecule has 3 rings (SSSR count). The Morgan fingerprint density at radius 3 is 2.69 bits per heavy atom. The van der Waals surface area contributed by atoms with Gasteiger partial charge < -0.3 is 25.5 Å². The number of fused-ring (bicyclic) bond motifs is 1. The van der Waals surface area contributed by atoms with Crippen LogP contribution in [0.5, 0.6) is 6.01 Å². The number of hydrogen-bond donors (Lipinski definition) is 3. The molecule has 4 N–H and O–H groups in total. The van der Waals surface area contributed by atoms with Crippen molar-refractivity contribution < 1.29 is 14.3 Å². The molecule has 2 aromatic heterocycles. The highest BCUT2D eigenvalue weighted by atomic mass is 16.5. The van der Waals surface area contributed by atoms with Gasteiger partial charge in [0.05, 0.1) is 13.2 Å². The largest absolute Gasteiger partial charge is 0.461 e. The average molecular weight is 398 g/mol. The van der Waals surface area contributed by atoms with Gasteiger partial charge in [0.2, 0.25) is 5.91 Å². The fourth-order valence-corrected chi connectivity index (χ4v) is 2.66. The third-order valence-corrected chi connectivity index (χ3v) is 4.16. The van der Waals surface area contributed by atoms with E-state index in [1.54, 1.807) is 7.11 Å². The monoisotopic (exact) mass is 398 g/mol. The summed E-state index contributed by atoms with van der Waals surface area (Å²) in [5.41, 5.74) is 8.11. The van der Waals surface area contributed by atoms with E-state index < -0.39 is 0 Å². The Bertz CT molecular complexity index is 1070. The van der Waals surface area contributed by atoms with Crippen molar-refractivity contribution >= 4 is 22.9 Å². The van der Waals surface area contributed by atoms with Crippen molar-refractivity contribution in [3.8, 4) is 6.01 Å². The quantitative estimate of drug-likeness (QED) is 0.354. The molecular weight excluding hydrogens is 376 g/mol. The van der Waals surface area contributed by atoms with E-state index in [0.717, 1.165) is 11.1 Å². The van der Waals surface area contributed by atoms with E-state index in [4.69, 9.17) is 15.2 Å². The minimum Gasteiger partial charge on any atom is -0.461 e. The number of methoxy groups -OCH3 is 1. The molecule has 0 saturated carbocycles. The van der Waals surface area contributed by atoms with Gasteiger partial charge in [0, 0.05) is 13.7 Å². The van der Waals surface area contributed by atoms with Gasteiger partial charge >= 0.3 is 11.7 Å². The predicted octanol–water partition coefficient (Wildman–Crippen LogP) is 0.578. The first-order valence-corrected chi connectivity index (χ1v) is 8.87. The molecule has 10 heteroatoms. The molecule has 0 aliphatic heterocycles. The number of hydrogen-bond acceptors (Lipinski definition) is 7. The summed E-state index contributed by atoms with van der Waals surface area (Å²) in [7, 11) is 1.56. The van der Waals surface area contributed by atoms with Crippen molar-refractivity contribution in [3.63, 3.8) is 0 Å². The van der Waals surface area contributed by atoms with Crippen LogP contribution < -0.4 is 21.5 Å². The minimum absolute atomic E-state index is 0.0770. The summed E-state index contributed by atoms with van der Waals surface area (Å²) in [6.45, 7) is 4.73. The maximum absolute atomic E-state index is 12.4. The molecule has 0 aliphatic carbocycles. The summed E-state index contributed by atoms with van der Waals surface area (Å²) in [6, 6.07) is 7.58. The summed E-state index contributed by atoms with van der Waals surface area (Å²) in [5.74, 6) is -0.105. The predicted molar refractivity (Wildman–Crippen MR) is 108 cm³/mol. The number of aromatic amines is 1. The summed E-state index contributed by atoms with van der Waals surface area (Å²) < 4.78 is 11.8. The molecule has 0 unspecified atom stereocenters. The van der Waals surface area contributed by atoms with Gasteiger partial charge in [-0.05, 0) is 17.2 Å². The number of aromatic nitrogens is 4. The molecular formula is C19H22N6O4. The van der Waals surface area contributed by atoms with Gasteiger partial charge in [-0.15, -0.1) is 0 Å². The number of nitrogens with zero attached hydrogens (tertiary/aromatic N) is 3. The molecule has 0 radical (unpaired) electrons. The Kier molecular flexibility index (Phi) is 6.25. The van der Waals surface area contributed by atoms with Crippen molar-refractivity contribution in [2.24, 2.45) is 0 Å². The third-order valence-electron chi connectivity index (χ3n) is 4.16. The second kappa shape index (κ2) is 9.02. The first-order valence-electron chi connectivity index (χ1n) is 8.87. The van der Waals surface area contributed by atoms with Crippen LogP contribution in [0.4, 0.5) is 5.82 Å². The van der Waals surface area contributed by atoms with E-state index in [1.165, 1.54) is 10.6 Å². The maximum Gasteiger partial charge on any atom is 0.328 e. The van der Waals surface area contributed by atoms with Crippen LogP contribution in [0, 0.1) is 0 Å². The second-order valence-electron chi connectivity index (χ2n) is 6.19. The van der Waals surface area contributed by atoms with Gasteiger partial charge in [-0.25, -0.2) is 4.79 Å². The fraction of sp³-hybridized carbons (Fsp3) is 0.263. The standard InChI is InChI=1S/C19H22N6O4/c1-3-14(26)21-10-12-4-6-13(7-5-12)11-25-17-15(22-19(25)27)16(20)23-18(24-17)29-9-8-28-2/h3-7H,1,8-11H2,2H3,(H,21,26)(H,22,27)(H2,20,23,24). The Hall–Kier alpha value is -3.66. The number of nitrogens with two attached hydrogens (primary N) is 1. The van der Waals surface area contributed by atoms with Gasteiger partial charge in [0.1, 0.15) is 12.1 Å². The van der Waals surface area contributed by atoms with Crippen molar-refractivity contribution in [2.75, 3.05) is 26.1 Å². The Labute approximate surface area is 166 Å². The van der Waals surface area contributed by atoms with Gasteiger partial charge in [0.15, 0.2) is 11.5 Å². The Balaban J connectivity index is 1.82. The smallest absolute Gasteiger partial charge is 0.328 e. The number of nitrogens with one attached hydrogen (secondary N) is 2. The van der Waals surface area contributed by atoms with Crippen molar-refractivity contribution in [3.05, 3.63) is 58.5 Å². The second-order valence-corrected chi connectivity index (χ2v) is 6.19. The lowest BCUT2D eigenvalue weighted by Crippen LogP contribution is -2.20. The highest BCUT2D eigenvalue weighted by Gasteiger charge is 2.15. The Morgan fingerprint density at radius 1 is 1.28 bits per heavy atom. The van der Waals surface area contributed by atoms with E-state index in [0.29, 0.717) is 24.3 Å². The molecule has 0 fully saturated rings. The van der Waals surface area contributed by atoms with Crippen molar-refractivity contribution in [2.45, 2.75) is 13.1 Å². The molecule has 1 aromatic carbocycles. The van der Waals surface area contributed by atoms with E-state index in [2.05, 4.69) is 26.8 Å². The first kappa shape index (κ1) is 20.1. The van der Waals surface area contributed by atoms with Crippen molar-refractivity contribution in [1.82, 2.24) is 24.8 Å². The Morgan fingerprint density at radius 2 is 2.00 bits per heavy atom. The first-order chi connectivity index (χ1) is 14.0. The zero-order valence-electron chi connectivity index (χ0n) is 16.0. The molecule has 10 nitrogen and oxygen atoms in total. The number of carbonyl (C=O) groups is 1. The molecule has 0 spiro atoms. The topological polar surface area (TPSA) is 137 Å². The van der Waals surface area contributed by atoms with Crippen LogP contribution in [-0.2, 0) is 22.6 Å². The van der Waals surface area contributed by atoms with Crippen LogP contribution in [0.15, 0.2) is 41.7 Å². The number of H-pyrrole nitrogens is 1. The minimum atomic E-state index is -0.350. The zero-order chi connectivity index (χ0) is 20.8. The van der Waals surface area contributed by atoms with Gasteiger partial charge in [0.25, 0.3) is 0 Å². The van der Waals surface area contributed by atoms with Crippen LogP contribution in [0.1, 0.15) is 11.1 Å². The number of amides is 1. The van der Waals surface area contributed by atoms with Crippen LogP contribution in [0.2, 0.25) is 0 Å². The number of nitrogen functional groups attached to an aromatic ring is 1. The molecule has 0 saturated heterocycles. The zero-order valence-corrected chi connectivity index (χ0v) is 16.0. The van der Waals surface area contributed by atoms with Crippen LogP contribution in [-0.4, -0.2) is 45.7 Å². The summed E-state index contributed by atoms with van der Waals surface area (Å²) in [6.07, 6.45) is 1.22. The van der Waals surface area contributed by atoms with Gasteiger partial charge in [-0.3, -0.25) is 9.36 Å². The average Bonchev–Trinajstić information content (AvgIpc) is 3.03. The highest BCUT2D eigenvalue weighted by molar-refractivity contribution is 5.86. The van der Waals surface area contributed by atoms with E-state index >= 15 is 0 Å². The SMILES string of the molecule is C=CC(=O)NCc1ccc(Cn2c(=O)[nH]c3c(N)nc(OCCOC)nc32)cc1. The normalized spacial score (nSPS) is 10.8. The van der Waals surface area contributed by atoms with Gasteiger partial charge in [-0.2, -0.15) is 9.97 Å². The van der Waals surface area contributed by atoms with E-state index in [-0.39, 0.29) is 36.6 Å². The van der Waals surface area contributed by atoms with Crippen LogP contribution in [0.3, 0.4) is 0 Å². The maximum atomic E-state index is 12.4. The number of benzene rings is 1. The highest BCUT2D eigenvalue weighted by Crippen LogP contribution is 2.18. The van der Waals surface area contributed by atoms with Crippen LogP contribution in [0.25, 0.3) is 11.2 Å². The number of carbonyl (C=O) groups excluding carboxylic acids is 1. The fourth-order valence-electron chi connectivity index (χ4n) is 2.66. The molecule has 3 aromatic rings. The molecule has 0 atom stereocenters. The van der Waals surface area contributed by atoms with Gasteiger partial charge in [-0.1, -0.05) is 30.8 Å². The number of anilines is 1. The lowest BCUT2D eigenvalue weighted by atomic mass is 10.1. The number of ether oxygens (including phenoxy) is 2. The molecule has 2 heterocycles. The van der Waals surface area contributed by atoms with Crippen molar-refractivity contribution in [1.29, 1.82) is 0 Å². The lowest BCUT2D eigenvalue weighted by Gasteiger charge is -2.08. The third kappa shape index (κ3) is 4.79. The molecule has 1 amide bonds. The molecule has 152 valence electrons. The summed E-state index contributed by atoms with van der Waals surface area (Å²) >= 11 is 0. The summed E-state index contributed by atoms with van der Waals surface area (Å²) in [5, 5.41) is 2.71. The van der Waals surface area contributed by atoms with Crippen LogP contribution >= 0.6 is 0 Å². The molecule has 0 bridgehead atoms. The van der Waals surface area contributed by atoms with E-state index in [1.807, 2.05) is 24.3 Å².